The van der Waals surface area contributed by atoms with Gasteiger partial charge in [0.05, 0.1) is 13.0 Å². The Morgan fingerprint density at radius 3 is 3.00 bits per heavy atom. The predicted molar refractivity (Wildman–Crippen MR) is 59.6 cm³/mol. The summed E-state index contributed by atoms with van der Waals surface area (Å²) in [5, 5.41) is 12.4. The quantitative estimate of drug-likeness (QED) is 0.799. The van der Waals surface area contributed by atoms with Crippen molar-refractivity contribution in [2.75, 3.05) is 7.11 Å². The van der Waals surface area contributed by atoms with Gasteiger partial charge in [-0.3, -0.25) is 0 Å². The van der Waals surface area contributed by atoms with E-state index in [9.17, 15) is 5.11 Å². The maximum absolute atomic E-state index is 9.68. The molecule has 0 saturated heterocycles. The molecule has 4 heteroatoms. The van der Waals surface area contributed by atoms with Crippen LogP contribution in [-0.2, 0) is 5.88 Å². The van der Waals surface area contributed by atoms with Gasteiger partial charge >= 0.3 is 0 Å². The zero-order chi connectivity index (χ0) is 10.1. The van der Waals surface area contributed by atoms with E-state index in [0.717, 1.165) is 15.6 Å². The van der Waals surface area contributed by atoms with Crippen molar-refractivity contribution in [1.82, 2.24) is 0 Å². The summed E-state index contributed by atoms with van der Waals surface area (Å²) in [6, 6.07) is 3.48. The zero-order valence-electron chi connectivity index (χ0n) is 7.58. The number of hydrogen-bond acceptors (Lipinski definition) is 3. The number of phenolic OH excluding ortho intramolecular Hbond substituents is 1. The molecule has 1 aromatic heterocycles. The van der Waals surface area contributed by atoms with Gasteiger partial charge in [0.25, 0.3) is 0 Å². The van der Waals surface area contributed by atoms with Crippen LogP contribution in [0.2, 0.25) is 0 Å². The average molecular weight is 229 g/mol. The van der Waals surface area contributed by atoms with Crippen molar-refractivity contribution < 1.29 is 9.84 Å². The van der Waals surface area contributed by atoms with E-state index in [1.54, 1.807) is 24.5 Å². The van der Waals surface area contributed by atoms with E-state index in [-0.39, 0.29) is 5.75 Å². The summed E-state index contributed by atoms with van der Waals surface area (Å²) in [7, 11) is 1.57. The molecule has 2 rings (SSSR count). The number of phenols is 1. The molecular formula is C10H9ClO2S. The first kappa shape index (κ1) is 9.62. The molecule has 0 aliphatic heterocycles. The maximum Gasteiger partial charge on any atom is 0.128 e. The minimum absolute atomic E-state index is 0.243. The minimum atomic E-state index is 0.243. The Kier molecular flexibility index (Phi) is 2.52. The molecule has 0 spiro atoms. The van der Waals surface area contributed by atoms with Gasteiger partial charge in [-0.05, 0) is 11.4 Å². The van der Waals surface area contributed by atoms with E-state index >= 15 is 0 Å². The van der Waals surface area contributed by atoms with Crippen molar-refractivity contribution in [1.29, 1.82) is 0 Å². The molecule has 0 saturated carbocycles. The zero-order valence-corrected chi connectivity index (χ0v) is 9.15. The van der Waals surface area contributed by atoms with Gasteiger partial charge in [0, 0.05) is 21.7 Å². The van der Waals surface area contributed by atoms with Crippen LogP contribution >= 0.6 is 22.9 Å². The third-order valence-electron chi connectivity index (χ3n) is 2.13. The van der Waals surface area contributed by atoms with E-state index in [0.29, 0.717) is 11.6 Å². The smallest absolute Gasteiger partial charge is 0.128 e. The highest BCUT2D eigenvalue weighted by atomic mass is 35.5. The van der Waals surface area contributed by atoms with Crippen LogP contribution in [0, 0.1) is 0 Å². The van der Waals surface area contributed by atoms with Crippen molar-refractivity contribution in [3.63, 3.8) is 0 Å². The molecule has 74 valence electrons. The number of fused-ring (bicyclic) bond motifs is 1. The van der Waals surface area contributed by atoms with Crippen LogP contribution in [0.3, 0.4) is 0 Å². The molecule has 0 bridgehead atoms. The fraction of sp³-hybridized carbons (Fsp3) is 0.200. The van der Waals surface area contributed by atoms with Crippen LogP contribution in [0.25, 0.3) is 10.1 Å². The van der Waals surface area contributed by atoms with Crippen molar-refractivity contribution in [2.45, 2.75) is 5.88 Å². The van der Waals surface area contributed by atoms with Crippen LogP contribution in [0.5, 0.6) is 11.5 Å². The maximum atomic E-state index is 9.68. The predicted octanol–water partition coefficient (Wildman–Crippen LogP) is 3.35. The van der Waals surface area contributed by atoms with E-state index in [4.69, 9.17) is 16.3 Å². The number of thiophene rings is 1. The molecule has 2 aromatic rings. The van der Waals surface area contributed by atoms with Crippen molar-refractivity contribution in [2.24, 2.45) is 0 Å². The second kappa shape index (κ2) is 3.67. The lowest BCUT2D eigenvalue weighted by Crippen LogP contribution is -1.89. The molecule has 1 aromatic carbocycles. The molecule has 0 radical (unpaired) electrons. The Morgan fingerprint density at radius 1 is 1.57 bits per heavy atom. The number of benzene rings is 1. The molecule has 0 aliphatic carbocycles. The summed E-state index contributed by atoms with van der Waals surface area (Å²) in [6.45, 7) is 0. The second-order valence-electron chi connectivity index (χ2n) is 2.87. The molecule has 1 heterocycles. The summed E-state index contributed by atoms with van der Waals surface area (Å²) in [5.41, 5.74) is 0.942. The monoisotopic (exact) mass is 228 g/mol. The Bertz CT molecular complexity index is 464. The lowest BCUT2D eigenvalue weighted by atomic mass is 10.1. The largest absolute Gasteiger partial charge is 0.507 e. The molecule has 0 amide bonds. The lowest BCUT2D eigenvalue weighted by molar-refractivity contribution is 0.406. The highest BCUT2D eigenvalue weighted by molar-refractivity contribution is 7.17. The van der Waals surface area contributed by atoms with Gasteiger partial charge in [0.2, 0.25) is 0 Å². The van der Waals surface area contributed by atoms with Gasteiger partial charge < -0.3 is 9.84 Å². The number of aromatic hydroxyl groups is 1. The summed E-state index contributed by atoms with van der Waals surface area (Å²) in [4.78, 5) is 0. The van der Waals surface area contributed by atoms with Crippen LogP contribution < -0.4 is 4.74 Å². The average Bonchev–Trinajstić information content (AvgIpc) is 2.66. The molecule has 2 nitrogen and oxygen atoms in total. The van der Waals surface area contributed by atoms with Gasteiger partial charge in [-0.15, -0.1) is 22.9 Å². The molecule has 0 unspecified atom stereocenters. The number of halogens is 1. The van der Waals surface area contributed by atoms with Crippen LogP contribution in [-0.4, -0.2) is 12.2 Å². The number of ether oxygens (including phenoxy) is 1. The molecule has 14 heavy (non-hydrogen) atoms. The molecule has 1 N–H and O–H groups in total. The van der Waals surface area contributed by atoms with Gasteiger partial charge in [-0.25, -0.2) is 0 Å². The Labute approximate surface area is 90.7 Å². The van der Waals surface area contributed by atoms with Crippen molar-refractivity contribution in [3.05, 3.63) is 23.1 Å². The highest BCUT2D eigenvalue weighted by Crippen LogP contribution is 2.38. The summed E-state index contributed by atoms with van der Waals surface area (Å²) >= 11 is 7.40. The Hall–Kier alpha value is -0.930. The fourth-order valence-electron chi connectivity index (χ4n) is 1.45. The molecule has 0 fully saturated rings. The molecule has 0 aliphatic rings. The first-order valence-electron chi connectivity index (χ1n) is 4.10. The van der Waals surface area contributed by atoms with E-state index in [1.165, 1.54) is 0 Å². The van der Waals surface area contributed by atoms with Gasteiger partial charge in [-0.2, -0.15) is 0 Å². The number of hydrogen-bond donors (Lipinski definition) is 1. The van der Waals surface area contributed by atoms with E-state index in [2.05, 4.69) is 0 Å². The standard InChI is InChI=1S/C10H9ClO2S/c1-13-9-4-8(12)6-2-3-14-10(6)7(9)5-11/h2-4,12H,5H2,1H3. The number of methoxy groups -OCH3 is 1. The van der Waals surface area contributed by atoms with Crippen LogP contribution in [0.1, 0.15) is 5.56 Å². The third kappa shape index (κ3) is 1.33. The highest BCUT2D eigenvalue weighted by Gasteiger charge is 2.12. The first-order chi connectivity index (χ1) is 6.77. The molecular weight excluding hydrogens is 220 g/mol. The van der Waals surface area contributed by atoms with Crippen molar-refractivity contribution >= 4 is 33.0 Å². The van der Waals surface area contributed by atoms with Gasteiger partial charge in [0.1, 0.15) is 11.5 Å². The summed E-state index contributed by atoms with van der Waals surface area (Å²) in [5.74, 6) is 1.28. The van der Waals surface area contributed by atoms with Crippen molar-refractivity contribution in [3.8, 4) is 11.5 Å². The third-order valence-corrected chi connectivity index (χ3v) is 3.38. The van der Waals surface area contributed by atoms with Crippen LogP contribution in [0.4, 0.5) is 0 Å². The summed E-state index contributed by atoms with van der Waals surface area (Å²) in [6.07, 6.45) is 0. The number of alkyl halides is 1. The second-order valence-corrected chi connectivity index (χ2v) is 4.06. The Morgan fingerprint density at radius 2 is 2.36 bits per heavy atom. The minimum Gasteiger partial charge on any atom is -0.507 e. The van der Waals surface area contributed by atoms with Crippen LogP contribution in [0.15, 0.2) is 17.5 Å². The van der Waals surface area contributed by atoms with E-state index < -0.39 is 0 Å². The van der Waals surface area contributed by atoms with Gasteiger partial charge in [0.15, 0.2) is 0 Å². The fourth-order valence-corrected chi connectivity index (χ4v) is 2.75. The number of rotatable bonds is 2. The normalized spacial score (nSPS) is 10.7. The molecule has 0 atom stereocenters. The first-order valence-corrected chi connectivity index (χ1v) is 5.51. The Balaban J connectivity index is 2.82. The topological polar surface area (TPSA) is 29.5 Å². The summed E-state index contributed by atoms with van der Waals surface area (Å²) < 4.78 is 6.15. The van der Waals surface area contributed by atoms with E-state index in [1.807, 2.05) is 11.4 Å². The van der Waals surface area contributed by atoms with Gasteiger partial charge in [-0.1, -0.05) is 0 Å². The SMILES string of the molecule is COc1cc(O)c2ccsc2c1CCl. The lowest BCUT2D eigenvalue weighted by Gasteiger charge is -2.08.